The lowest BCUT2D eigenvalue weighted by atomic mass is 9.87. The van der Waals surface area contributed by atoms with Crippen molar-refractivity contribution in [2.45, 2.75) is 35.8 Å². The van der Waals surface area contributed by atoms with E-state index in [1.807, 2.05) is 0 Å². The summed E-state index contributed by atoms with van der Waals surface area (Å²) in [5, 5.41) is 3.79. The first-order valence-electron chi connectivity index (χ1n) is 13.5. The molecule has 2 aromatic carbocycles. The number of amides is 3. The summed E-state index contributed by atoms with van der Waals surface area (Å²) >= 11 is 3.16. The quantitative estimate of drug-likeness (QED) is 0.201. The van der Waals surface area contributed by atoms with Gasteiger partial charge in [0.15, 0.2) is 0 Å². The van der Waals surface area contributed by atoms with Gasteiger partial charge in [-0.05, 0) is 60.8 Å². The Labute approximate surface area is 265 Å². The Morgan fingerprint density at radius 3 is 2.42 bits per heavy atom. The molecule has 2 unspecified atom stereocenters. The zero-order valence-corrected chi connectivity index (χ0v) is 25.6. The van der Waals surface area contributed by atoms with Crippen LogP contribution in [0.4, 0.5) is 24.5 Å². The van der Waals surface area contributed by atoms with Gasteiger partial charge in [0, 0.05) is 21.4 Å². The average Bonchev–Trinajstić information content (AvgIpc) is 3.70. The van der Waals surface area contributed by atoms with Crippen molar-refractivity contribution >= 4 is 69.5 Å². The molecule has 4 heterocycles. The largest absolute Gasteiger partial charge is 0.462 e. The van der Waals surface area contributed by atoms with Crippen molar-refractivity contribution in [2.24, 2.45) is 5.92 Å². The highest BCUT2D eigenvalue weighted by Crippen LogP contribution is 2.54. The second kappa shape index (κ2) is 11.9. The van der Waals surface area contributed by atoms with Crippen LogP contribution >= 0.6 is 34.4 Å². The summed E-state index contributed by atoms with van der Waals surface area (Å²) in [5.74, 6) is -4.09. The van der Waals surface area contributed by atoms with Gasteiger partial charge in [0.05, 0.1) is 34.4 Å². The standard InChI is InChI=1S/C30H22F3N3O6S3/c1-2-42-28(40)15-8-10-17(11-9-15)34-20(37)14-35-27-24(45-29(35)41)21(19-7-4-12-43-19)22-23(44-27)26(39)36(25(22)38)18-6-3-5-16(13-18)30(31,32)33/h3-13,21-23H,2,14H2,1H3,(H,34,37)/t21-,22?,23?/m0/s1. The minimum atomic E-state index is -4.67. The highest BCUT2D eigenvalue weighted by atomic mass is 32.2. The van der Waals surface area contributed by atoms with E-state index in [9.17, 15) is 37.1 Å². The molecule has 0 saturated carbocycles. The van der Waals surface area contributed by atoms with Crippen LogP contribution in [0.5, 0.6) is 0 Å². The van der Waals surface area contributed by atoms with E-state index >= 15 is 0 Å². The molecular formula is C30H22F3N3O6S3. The van der Waals surface area contributed by atoms with Crippen LogP contribution in [-0.4, -0.2) is 40.1 Å². The molecule has 4 aromatic rings. The summed E-state index contributed by atoms with van der Waals surface area (Å²) in [6.45, 7) is 1.50. The number of hydrogen-bond donors (Lipinski definition) is 1. The molecule has 2 aliphatic heterocycles. The lowest BCUT2D eigenvalue weighted by Crippen LogP contribution is -2.32. The Balaban J connectivity index is 1.31. The Kier molecular flexibility index (Phi) is 8.18. The minimum absolute atomic E-state index is 0.186. The van der Waals surface area contributed by atoms with E-state index in [0.717, 1.165) is 46.2 Å². The molecule has 45 heavy (non-hydrogen) atoms. The molecule has 15 heteroatoms. The molecule has 0 aliphatic carbocycles. The number of esters is 1. The van der Waals surface area contributed by atoms with Gasteiger partial charge >= 0.3 is 17.0 Å². The molecule has 1 fully saturated rings. The smallest absolute Gasteiger partial charge is 0.416 e. The fourth-order valence-electron chi connectivity index (χ4n) is 5.35. The van der Waals surface area contributed by atoms with Crippen LogP contribution < -0.4 is 15.1 Å². The van der Waals surface area contributed by atoms with Gasteiger partial charge in [0.1, 0.15) is 11.8 Å². The van der Waals surface area contributed by atoms with E-state index < -0.39 is 63.9 Å². The van der Waals surface area contributed by atoms with Gasteiger partial charge < -0.3 is 10.1 Å². The van der Waals surface area contributed by atoms with E-state index in [1.54, 1.807) is 24.4 Å². The van der Waals surface area contributed by atoms with Crippen LogP contribution in [0.15, 0.2) is 75.9 Å². The number of imide groups is 1. The number of carbonyl (C=O) groups excluding carboxylic acids is 4. The average molecular weight is 674 g/mol. The van der Waals surface area contributed by atoms with Crippen molar-refractivity contribution in [3.8, 4) is 0 Å². The summed E-state index contributed by atoms with van der Waals surface area (Å²) < 4.78 is 46.6. The first kappa shape index (κ1) is 30.8. The minimum Gasteiger partial charge on any atom is -0.462 e. The fourth-order valence-corrected chi connectivity index (χ4v) is 9.08. The number of nitrogens with zero attached hydrogens (tertiary/aromatic N) is 2. The SMILES string of the molecule is CCOC(=O)c1ccc(NC(=O)Cn2c3c(sc2=O)[C@@H](c2cccs2)C2C(=O)N(c4cccc(C(F)(F)F)c4)C(=O)C2S3)cc1. The van der Waals surface area contributed by atoms with Crippen molar-refractivity contribution in [3.63, 3.8) is 0 Å². The molecule has 1 N–H and O–H groups in total. The molecule has 9 nitrogen and oxygen atoms in total. The van der Waals surface area contributed by atoms with Crippen LogP contribution in [-0.2, 0) is 31.8 Å². The summed E-state index contributed by atoms with van der Waals surface area (Å²) in [6.07, 6.45) is -4.67. The zero-order valence-electron chi connectivity index (χ0n) is 23.2. The predicted molar refractivity (Wildman–Crippen MR) is 163 cm³/mol. The molecule has 1 saturated heterocycles. The van der Waals surface area contributed by atoms with Gasteiger partial charge in [0.2, 0.25) is 17.7 Å². The number of halogens is 3. The number of ether oxygens (including phenoxy) is 1. The maximum absolute atomic E-state index is 13.8. The number of alkyl halides is 3. The number of carbonyl (C=O) groups is 4. The van der Waals surface area contributed by atoms with Crippen LogP contribution in [0.2, 0.25) is 0 Å². The topological polar surface area (TPSA) is 115 Å². The number of thioether (sulfide) groups is 1. The third-order valence-electron chi connectivity index (χ3n) is 7.31. The van der Waals surface area contributed by atoms with Crippen molar-refractivity contribution in [2.75, 3.05) is 16.8 Å². The highest BCUT2D eigenvalue weighted by Gasteiger charge is 2.57. The van der Waals surface area contributed by atoms with Gasteiger partial charge in [-0.1, -0.05) is 35.2 Å². The number of anilines is 2. The molecule has 0 spiro atoms. The fraction of sp³-hybridized carbons (Fsp3) is 0.233. The molecule has 0 bridgehead atoms. The highest BCUT2D eigenvalue weighted by molar-refractivity contribution is 8.00. The number of nitrogens with one attached hydrogen (secondary N) is 1. The van der Waals surface area contributed by atoms with Crippen molar-refractivity contribution in [1.82, 2.24) is 4.57 Å². The van der Waals surface area contributed by atoms with E-state index in [4.69, 9.17) is 4.74 Å². The van der Waals surface area contributed by atoms with Gasteiger partial charge in [-0.3, -0.25) is 23.7 Å². The van der Waals surface area contributed by atoms with Gasteiger partial charge in [-0.2, -0.15) is 13.2 Å². The van der Waals surface area contributed by atoms with Gasteiger partial charge in [0.25, 0.3) is 0 Å². The number of rotatable bonds is 7. The molecule has 6 rings (SSSR count). The number of aromatic nitrogens is 1. The Hall–Kier alpha value is -4.21. The second-order valence-electron chi connectivity index (χ2n) is 10.1. The van der Waals surface area contributed by atoms with E-state index in [2.05, 4.69) is 5.32 Å². The number of hydrogen-bond acceptors (Lipinski definition) is 9. The van der Waals surface area contributed by atoms with Crippen LogP contribution in [0.3, 0.4) is 0 Å². The zero-order chi connectivity index (χ0) is 32.0. The number of fused-ring (bicyclic) bond motifs is 2. The normalized spacial score (nSPS) is 19.3. The molecule has 2 aliphatic rings. The number of thiazole rings is 1. The van der Waals surface area contributed by atoms with Crippen molar-refractivity contribution in [3.05, 3.63) is 96.6 Å². The number of thiophene rings is 1. The van der Waals surface area contributed by atoms with Crippen molar-refractivity contribution in [1.29, 1.82) is 0 Å². The summed E-state index contributed by atoms with van der Waals surface area (Å²) in [4.78, 5) is 67.3. The maximum atomic E-state index is 13.8. The monoisotopic (exact) mass is 673 g/mol. The second-order valence-corrected chi connectivity index (χ2v) is 13.2. The van der Waals surface area contributed by atoms with Gasteiger partial charge in [-0.25, -0.2) is 9.69 Å². The molecule has 3 amide bonds. The van der Waals surface area contributed by atoms with E-state index in [1.165, 1.54) is 46.2 Å². The lowest BCUT2D eigenvalue weighted by Gasteiger charge is -2.29. The third-order valence-corrected chi connectivity index (χ3v) is 10.9. The Morgan fingerprint density at radius 1 is 1.00 bits per heavy atom. The molecular weight excluding hydrogens is 652 g/mol. The lowest BCUT2D eigenvalue weighted by molar-refractivity contribution is -0.137. The molecule has 3 atom stereocenters. The van der Waals surface area contributed by atoms with Crippen LogP contribution in [0.25, 0.3) is 0 Å². The molecule has 0 radical (unpaired) electrons. The first-order chi connectivity index (χ1) is 21.5. The summed E-state index contributed by atoms with van der Waals surface area (Å²) in [5.41, 5.74) is -0.498. The van der Waals surface area contributed by atoms with Gasteiger partial charge in [-0.15, -0.1) is 11.3 Å². The molecule has 232 valence electrons. The predicted octanol–water partition coefficient (Wildman–Crippen LogP) is 5.60. The van der Waals surface area contributed by atoms with Crippen LogP contribution in [0, 0.1) is 5.92 Å². The number of benzene rings is 2. The van der Waals surface area contributed by atoms with E-state index in [0.29, 0.717) is 26.0 Å². The third kappa shape index (κ3) is 5.71. The summed E-state index contributed by atoms with van der Waals surface area (Å²) in [7, 11) is 0. The van der Waals surface area contributed by atoms with E-state index in [-0.39, 0.29) is 12.3 Å². The molecule has 2 aromatic heterocycles. The van der Waals surface area contributed by atoms with Crippen LogP contribution in [0.1, 0.15) is 38.5 Å². The summed E-state index contributed by atoms with van der Waals surface area (Å²) in [6, 6.07) is 13.6. The Morgan fingerprint density at radius 2 is 1.76 bits per heavy atom. The van der Waals surface area contributed by atoms with Crippen molar-refractivity contribution < 1.29 is 37.1 Å². The first-order valence-corrected chi connectivity index (χ1v) is 16.1. The Bertz CT molecular complexity index is 1870. The maximum Gasteiger partial charge on any atom is 0.416 e.